The van der Waals surface area contributed by atoms with Gasteiger partial charge in [0.25, 0.3) is 0 Å². The molecule has 3 heterocycles. The minimum absolute atomic E-state index is 0.104. The summed E-state index contributed by atoms with van der Waals surface area (Å²) in [5.74, 6) is 0.427. The van der Waals surface area contributed by atoms with Crippen molar-refractivity contribution in [1.29, 1.82) is 0 Å². The van der Waals surface area contributed by atoms with E-state index in [0.717, 1.165) is 16.5 Å². The number of carbonyl (C=O) groups is 1. The third kappa shape index (κ3) is 3.51. The maximum absolute atomic E-state index is 13.7. The summed E-state index contributed by atoms with van der Waals surface area (Å²) in [4.78, 5) is 13.7. The number of ketones is 1. The second-order valence-electron chi connectivity index (χ2n) is 7.52. The highest BCUT2D eigenvalue weighted by molar-refractivity contribution is 7.99. The standard InChI is InChI=1S/C24H16N6OS2/c31-22(17-11-10-15-6-4-5-7-16(15)12-17)19-13-29(18-8-2-1-3-9-18)28-21(19)20-14-33-24-26-25-23(32)30(24)27-20/h1-13H,14H2,(H,25,32). The Bertz CT molecular complexity index is 1610. The molecule has 160 valence electrons. The molecule has 33 heavy (non-hydrogen) atoms. The number of nitrogens with zero attached hydrogens (tertiary/aromatic N) is 5. The second kappa shape index (κ2) is 7.95. The van der Waals surface area contributed by atoms with Crippen LogP contribution < -0.4 is 0 Å². The average Bonchev–Trinajstić information content (AvgIpc) is 3.48. The van der Waals surface area contributed by atoms with Gasteiger partial charge in [0.2, 0.25) is 9.93 Å². The van der Waals surface area contributed by atoms with Gasteiger partial charge < -0.3 is 0 Å². The van der Waals surface area contributed by atoms with Gasteiger partial charge in [-0.1, -0.05) is 66.4 Å². The molecule has 0 unspecified atom stereocenters. The molecule has 6 rings (SSSR count). The summed E-state index contributed by atoms with van der Waals surface area (Å²) in [7, 11) is 0. The first-order valence-electron chi connectivity index (χ1n) is 10.2. The second-order valence-corrected chi connectivity index (χ2v) is 8.85. The first kappa shape index (κ1) is 19.8. The summed E-state index contributed by atoms with van der Waals surface area (Å²) in [6.45, 7) is 0. The van der Waals surface area contributed by atoms with Crippen LogP contribution in [0.4, 0.5) is 0 Å². The van der Waals surface area contributed by atoms with Gasteiger partial charge in [0.15, 0.2) is 5.78 Å². The van der Waals surface area contributed by atoms with Crippen molar-refractivity contribution < 1.29 is 4.79 Å². The van der Waals surface area contributed by atoms with Crippen LogP contribution in [-0.2, 0) is 0 Å². The molecule has 0 amide bonds. The van der Waals surface area contributed by atoms with E-state index in [1.807, 2.05) is 72.8 Å². The molecule has 0 bridgehead atoms. The van der Waals surface area contributed by atoms with Crippen LogP contribution in [0.3, 0.4) is 0 Å². The highest BCUT2D eigenvalue weighted by atomic mass is 32.2. The van der Waals surface area contributed by atoms with Crippen molar-refractivity contribution in [3.63, 3.8) is 0 Å². The first-order valence-corrected chi connectivity index (χ1v) is 11.6. The molecule has 3 aromatic carbocycles. The molecule has 0 fully saturated rings. The van der Waals surface area contributed by atoms with Gasteiger partial charge in [-0.3, -0.25) is 4.79 Å². The lowest BCUT2D eigenvalue weighted by Crippen LogP contribution is -2.17. The van der Waals surface area contributed by atoms with Crippen LogP contribution in [-0.4, -0.2) is 41.9 Å². The van der Waals surface area contributed by atoms with Gasteiger partial charge in [-0.2, -0.15) is 14.9 Å². The Morgan fingerprint density at radius 1 is 1.00 bits per heavy atom. The highest BCUT2D eigenvalue weighted by Crippen LogP contribution is 2.26. The number of carbonyl (C=O) groups excluding carboxylic acids is 1. The van der Waals surface area contributed by atoms with E-state index in [-0.39, 0.29) is 5.78 Å². The normalized spacial score (nSPS) is 13.0. The number of rotatable bonds is 4. The SMILES string of the molecule is O=C(c1ccc2ccccc2c1)c1cn(-c2ccccc2)nc1C1=Nn2c(n[nH]c2=S)SC1. The van der Waals surface area contributed by atoms with Crippen LogP contribution in [0.5, 0.6) is 0 Å². The van der Waals surface area contributed by atoms with E-state index < -0.39 is 0 Å². The van der Waals surface area contributed by atoms with E-state index in [4.69, 9.17) is 17.3 Å². The number of aromatic amines is 1. The summed E-state index contributed by atoms with van der Waals surface area (Å²) >= 11 is 6.79. The van der Waals surface area contributed by atoms with Gasteiger partial charge in [0.05, 0.1) is 11.3 Å². The quantitative estimate of drug-likeness (QED) is 0.301. The van der Waals surface area contributed by atoms with E-state index in [0.29, 0.717) is 38.2 Å². The van der Waals surface area contributed by atoms with Crippen LogP contribution >= 0.6 is 24.0 Å². The molecule has 1 aliphatic heterocycles. The lowest BCUT2D eigenvalue weighted by Gasteiger charge is -2.11. The number of benzene rings is 3. The van der Waals surface area contributed by atoms with Crippen LogP contribution in [0.25, 0.3) is 16.5 Å². The van der Waals surface area contributed by atoms with E-state index in [2.05, 4.69) is 15.3 Å². The maximum atomic E-state index is 13.7. The summed E-state index contributed by atoms with van der Waals surface area (Å²) in [5.41, 5.74) is 3.17. The average molecular weight is 469 g/mol. The van der Waals surface area contributed by atoms with Crippen molar-refractivity contribution in [2.45, 2.75) is 5.16 Å². The fourth-order valence-corrected chi connectivity index (χ4v) is 4.86. The van der Waals surface area contributed by atoms with Crippen molar-refractivity contribution in [2.24, 2.45) is 5.10 Å². The molecule has 2 aromatic heterocycles. The zero-order valence-corrected chi connectivity index (χ0v) is 18.8. The minimum atomic E-state index is -0.104. The van der Waals surface area contributed by atoms with Crippen LogP contribution in [0, 0.1) is 4.77 Å². The van der Waals surface area contributed by atoms with E-state index in [1.165, 1.54) is 11.8 Å². The Balaban J connectivity index is 1.51. The highest BCUT2D eigenvalue weighted by Gasteiger charge is 2.26. The monoisotopic (exact) mass is 468 g/mol. The molecule has 1 aliphatic rings. The van der Waals surface area contributed by atoms with Crippen molar-refractivity contribution in [2.75, 3.05) is 5.75 Å². The van der Waals surface area contributed by atoms with Gasteiger partial charge in [0, 0.05) is 17.5 Å². The van der Waals surface area contributed by atoms with Crippen molar-refractivity contribution >= 4 is 46.2 Å². The number of hydrogen-bond acceptors (Lipinski definition) is 6. The smallest absolute Gasteiger partial charge is 0.217 e. The number of thioether (sulfide) groups is 1. The zero-order valence-electron chi connectivity index (χ0n) is 17.2. The topological polar surface area (TPSA) is 80.9 Å². The number of H-pyrrole nitrogens is 1. The fraction of sp³-hybridized carbons (Fsp3) is 0.0417. The minimum Gasteiger partial charge on any atom is -0.288 e. The summed E-state index contributed by atoms with van der Waals surface area (Å²) < 4.78 is 3.70. The Kier molecular flexibility index (Phi) is 4.78. The molecule has 0 saturated heterocycles. The Labute approximate surface area is 197 Å². The lowest BCUT2D eigenvalue weighted by atomic mass is 9.99. The van der Waals surface area contributed by atoms with Crippen molar-refractivity contribution in [3.05, 3.63) is 101 Å². The maximum Gasteiger partial charge on any atom is 0.217 e. The molecular weight excluding hydrogens is 452 g/mol. The molecule has 5 aromatic rings. The Hall–Kier alpha value is -3.82. The Morgan fingerprint density at radius 2 is 1.79 bits per heavy atom. The summed E-state index contributed by atoms with van der Waals surface area (Å²) in [5, 5.41) is 19.2. The molecule has 0 saturated carbocycles. The third-order valence-corrected chi connectivity index (χ3v) is 6.65. The van der Waals surface area contributed by atoms with Crippen molar-refractivity contribution in [3.8, 4) is 5.69 Å². The third-order valence-electron chi connectivity index (χ3n) is 5.44. The molecule has 0 atom stereocenters. The molecular formula is C24H16N6OS2. The molecule has 0 aliphatic carbocycles. The Morgan fingerprint density at radius 3 is 2.64 bits per heavy atom. The predicted molar refractivity (Wildman–Crippen MR) is 131 cm³/mol. The van der Waals surface area contributed by atoms with Crippen LogP contribution in [0.15, 0.2) is 89.3 Å². The van der Waals surface area contributed by atoms with Gasteiger partial charge >= 0.3 is 0 Å². The van der Waals surface area contributed by atoms with E-state index in [1.54, 1.807) is 15.6 Å². The zero-order chi connectivity index (χ0) is 22.4. The number of hydrogen-bond donors (Lipinski definition) is 1. The molecule has 1 N–H and O–H groups in total. The molecule has 0 radical (unpaired) electrons. The van der Waals surface area contributed by atoms with Gasteiger partial charge in [-0.25, -0.2) is 9.78 Å². The largest absolute Gasteiger partial charge is 0.288 e. The van der Waals surface area contributed by atoms with E-state index >= 15 is 0 Å². The predicted octanol–water partition coefficient (Wildman–Crippen LogP) is 4.87. The van der Waals surface area contributed by atoms with Gasteiger partial charge in [0.1, 0.15) is 11.4 Å². The van der Waals surface area contributed by atoms with Crippen LogP contribution in [0.1, 0.15) is 21.6 Å². The molecule has 7 nitrogen and oxygen atoms in total. The number of para-hydroxylation sites is 1. The number of fused-ring (bicyclic) bond motifs is 2. The summed E-state index contributed by atoms with van der Waals surface area (Å²) in [6, 6.07) is 23.4. The fourth-order valence-electron chi connectivity index (χ4n) is 3.81. The van der Waals surface area contributed by atoms with Gasteiger partial charge in [-0.15, -0.1) is 5.10 Å². The first-order chi connectivity index (χ1) is 16.2. The molecule has 0 spiro atoms. The number of nitrogens with one attached hydrogen (secondary N) is 1. The van der Waals surface area contributed by atoms with Crippen molar-refractivity contribution in [1.82, 2.24) is 24.7 Å². The van der Waals surface area contributed by atoms with Gasteiger partial charge in [-0.05, 0) is 41.2 Å². The number of aromatic nitrogens is 5. The van der Waals surface area contributed by atoms with E-state index in [9.17, 15) is 4.79 Å². The lowest BCUT2D eigenvalue weighted by molar-refractivity contribution is 0.103. The summed E-state index contributed by atoms with van der Waals surface area (Å²) in [6.07, 6.45) is 1.78. The molecule has 9 heteroatoms. The van der Waals surface area contributed by atoms with Crippen LogP contribution in [0.2, 0.25) is 0 Å².